The van der Waals surface area contributed by atoms with Crippen molar-refractivity contribution < 1.29 is 9.47 Å². The van der Waals surface area contributed by atoms with Crippen LogP contribution in [0.4, 0.5) is 5.69 Å². The van der Waals surface area contributed by atoms with Gasteiger partial charge in [0.15, 0.2) is 11.5 Å². The minimum absolute atomic E-state index is 0.635. The van der Waals surface area contributed by atoms with Crippen molar-refractivity contribution in [3.63, 3.8) is 0 Å². The molecule has 0 atom stereocenters. The third kappa shape index (κ3) is 8.19. The standard InChI is InChI=1S/C23H27BrN4O2.C11H14BrN3/c24-18-3-5-20-21(15-18)28(17-25-20)8-2-1-7-26-9-11-27(12-10-26)19-4-6-22-23(16-19)30-14-13-29-22;12-9-3-4-10-11(7-9)15(8-14-10)6-2-1-5-13/h3-6,15-17H,1-2,7-14H2;3-4,7-8H,1-2,5-6,13H2. The maximum atomic E-state index is 5.73. The quantitative estimate of drug-likeness (QED) is 0.160. The van der Waals surface area contributed by atoms with E-state index in [4.69, 9.17) is 15.2 Å². The summed E-state index contributed by atoms with van der Waals surface area (Å²) in [4.78, 5) is 13.9. The highest BCUT2D eigenvalue weighted by Crippen LogP contribution is 2.34. The first-order valence-corrected chi connectivity index (χ1v) is 17.4. The number of anilines is 1. The number of nitrogens with zero attached hydrogens (tertiary/aromatic N) is 6. The molecule has 4 heterocycles. The molecule has 11 heteroatoms. The molecule has 0 saturated carbocycles. The van der Waals surface area contributed by atoms with Crippen molar-refractivity contribution in [3.05, 3.63) is 76.2 Å². The van der Waals surface area contributed by atoms with Crippen molar-refractivity contribution in [2.45, 2.75) is 38.8 Å². The van der Waals surface area contributed by atoms with E-state index < -0.39 is 0 Å². The van der Waals surface area contributed by atoms with Gasteiger partial charge in [-0.3, -0.25) is 4.90 Å². The lowest BCUT2D eigenvalue weighted by molar-refractivity contribution is 0.171. The molecule has 9 nitrogen and oxygen atoms in total. The van der Waals surface area contributed by atoms with Crippen LogP contribution in [0, 0.1) is 0 Å². The molecule has 0 spiro atoms. The molecule has 2 N–H and O–H groups in total. The first-order chi connectivity index (χ1) is 22.1. The zero-order valence-electron chi connectivity index (χ0n) is 25.6. The predicted molar refractivity (Wildman–Crippen MR) is 188 cm³/mol. The normalized spacial score (nSPS) is 15.0. The van der Waals surface area contributed by atoms with Crippen LogP contribution in [-0.4, -0.2) is 76.5 Å². The van der Waals surface area contributed by atoms with E-state index in [2.05, 4.69) is 91.1 Å². The number of fused-ring (bicyclic) bond motifs is 3. The molecule has 0 amide bonds. The van der Waals surface area contributed by atoms with E-state index in [0.717, 1.165) is 96.7 Å². The minimum atomic E-state index is 0.635. The van der Waals surface area contributed by atoms with Crippen molar-refractivity contribution in [2.75, 3.05) is 57.4 Å². The van der Waals surface area contributed by atoms with Gasteiger partial charge in [-0.25, -0.2) is 9.97 Å². The topological polar surface area (TPSA) is 86.6 Å². The van der Waals surface area contributed by atoms with E-state index in [1.165, 1.54) is 29.6 Å². The Morgan fingerprint density at radius 2 is 1.22 bits per heavy atom. The summed E-state index contributed by atoms with van der Waals surface area (Å²) in [6.45, 7) is 9.52. The minimum Gasteiger partial charge on any atom is -0.486 e. The molecule has 0 radical (unpaired) electrons. The molecule has 3 aromatic carbocycles. The van der Waals surface area contributed by atoms with Crippen molar-refractivity contribution >= 4 is 59.6 Å². The monoisotopic (exact) mass is 737 g/mol. The molecule has 45 heavy (non-hydrogen) atoms. The van der Waals surface area contributed by atoms with Crippen LogP contribution >= 0.6 is 31.9 Å². The van der Waals surface area contributed by atoms with Gasteiger partial charge >= 0.3 is 0 Å². The fraction of sp³-hybridized carbons (Fsp3) is 0.412. The van der Waals surface area contributed by atoms with Crippen molar-refractivity contribution in [3.8, 4) is 11.5 Å². The zero-order valence-corrected chi connectivity index (χ0v) is 28.8. The number of aromatic nitrogens is 4. The van der Waals surface area contributed by atoms with E-state index >= 15 is 0 Å². The molecule has 0 bridgehead atoms. The van der Waals surface area contributed by atoms with Crippen LogP contribution in [0.3, 0.4) is 0 Å². The van der Waals surface area contributed by atoms with Crippen LogP contribution in [0.5, 0.6) is 11.5 Å². The predicted octanol–water partition coefficient (Wildman–Crippen LogP) is 6.71. The number of unbranched alkanes of at least 4 members (excludes halogenated alkanes) is 2. The van der Waals surface area contributed by atoms with Crippen LogP contribution in [0.15, 0.2) is 76.2 Å². The highest BCUT2D eigenvalue weighted by molar-refractivity contribution is 9.10. The van der Waals surface area contributed by atoms with E-state index in [1.54, 1.807) is 0 Å². The highest BCUT2D eigenvalue weighted by Gasteiger charge is 2.19. The van der Waals surface area contributed by atoms with Gasteiger partial charge in [0.2, 0.25) is 0 Å². The van der Waals surface area contributed by atoms with Crippen molar-refractivity contribution in [1.29, 1.82) is 0 Å². The maximum Gasteiger partial charge on any atom is 0.163 e. The molecular weight excluding hydrogens is 698 g/mol. The van der Waals surface area contributed by atoms with Gasteiger partial charge < -0.3 is 29.2 Å². The second-order valence-electron chi connectivity index (χ2n) is 11.5. The second-order valence-corrected chi connectivity index (χ2v) is 13.3. The van der Waals surface area contributed by atoms with Gasteiger partial charge in [0.05, 0.1) is 34.7 Å². The summed E-state index contributed by atoms with van der Waals surface area (Å²) in [7, 11) is 0. The summed E-state index contributed by atoms with van der Waals surface area (Å²) in [5.74, 6) is 1.74. The van der Waals surface area contributed by atoms with Crippen molar-refractivity contribution in [2.24, 2.45) is 5.73 Å². The third-order valence-electron chi connectivity index (χ3n) is 8.41. The Labute approximate surface area is 281 Å². The van der Waals surface area contributed by atoms with Gasteiger partial charge in [-0.05, 0) is 87.3 Å². The van der Waals surface area contributed by atoms with Gasteiger partial charge in [-0.15, -0.1) is 0 Å². The first-order valence-electron chi connectivity index (χ1n) is 15.9. The Morgan fingerprint density at radius 1 is 0.644 bits per heavy atom. The van der Waals surface area contributed by atoms with Crippen LogP contribution in [-0.2, 0) is 13.1 Å². The number of hydrogen-bond acceptors (Lipinski definition) is 7. The smallest absolute Gasteiger partial charge is 0.163 e. The number of aryl methyl sites for hydroxylation is 2. The summed E-state index contributed by atoms with van der Waals surface area (Å²) in [6.07, 6.45) is 8.40. The average Bonchev–Trinajstić information content (AvgIpc) is 3.66. The van der Waals surface area contributed by atoms with Gasteiger partial charge in [0, 0.05) is 60.0 Å². The van der Waals surface area contributed by atoms with Gasteiger partial charge in [-0.1, -0.05) is 31.9 Å². The van der Waals surface area contributed by atoms with Crippen molar-refractivity contribution in [1.82, 2.24) is 24.0 Å². The van der Waals surface area contributed by atoms with E-state index in [-0.39, 0.29) is 0 Å². The molecule has 7 rings (SSSR count). The Bertz CT molecular complexity index is 1700. The Hall–Kier alpha value is -3.12. The Kier molecular flexibility index (Phi) is 10.9. The zero-order chi connectivity index (χ0) is 31.0. The van der Waals surface area contributed by atoms with Crippen LogP contribution in [0.25, 0.3) is 22.1 Å². The fourth-order valence-electron chi connectivity index (χ4n) is 5.92. The molecule has 1 fully saturated rings. The number of halogens is 2. The molecule has 0 aliphatic carbocycles. The fourth-order valence-corrected chi connectivity index (χ4v) is 6.62. The third-order valence-corrected chi connectivity index (χ3v) is 9.39. The Balaban J connectivity index is 0.000000200. The first kappa shape index (κ1) is 31.8. The lowest BCUT2D eigenvalue weighted by Gasteiger charge is -2.36. The summed E-state index contributed by atoms with van der Waals surface area (Å²) in [5.41, 5.74) is 11.2. The molecule has 2 aliphatic rings. The van der Waals surface area contributed by atoms with Crippen LogP contribution in [0.1, 0.15) is 25.7 Å². The van der Waals surface area contributed by atoms with Gasteiger partial charge in [0.25, 0.3) is 0 Å². The summed E-state index contributed by atoms with van der Waals surface area (Å²) < 4.78 is 18.0. The summed E-state index contributed by atoms with van der Waals surface area (Å²) in [6, 6.07) is 18.7. The van der Waals surface area contributed by atoms with Crippen LogP contribution < -0.4 is 20.1 Å². The largest absolute Gasteiger partial charge is 0.486 e. The number of benzene rings is 3. The summed E-state index contributed by atoms with van der Waals surface area (Å²) in [5, 5.41) is 0. The highest BCUT2D eigenvalue weighted by atomic mass is 79.9. The van der Waals surface area contributed by atoms with Gasteiger partial charge in [-0.2, -0.15) is 0 Å². The number of ether oxygens (including phenoxy) is 2. The SMILES string of the molecule is Brc1ccc2ncn(CCCCN3CCN(c4ccc5c(c4)OCCO5)CC3)c2c1.NCCCCn1cnc2ccc(Br)cc21. The maximum absolute atomic E-state index is 5.73. The van der Waals surface area contributed by atoms with Crippen LogP contribution in [0.2, 0.25) is 0 Å². The lowest BCUT2D eigenvalue weighted by Crippen LogP contribution is -2.46. The molecular formula is C34H41Br2N7O2. The molecule has 2 aromatic heterocycles. The number of piperazine rings is 1. The van der Waals surface area contributed by atoms with Gasteiger partial charge in [0.1, 0.15) is 13.2 Å². The molecule has 1 saturated heterocycles. The number of nitrogens with two attached hydrogens (primary N) is 1. The molecule has 0 unspecified atom stereocenters. The summed E-state index contributed by atoms with van der Waals surface area (Å²) >= 11 is 7.03. The Morgan fingerprint density at radius 3 is 1.84 bits per heavy atom. The average molecular weight is 740 g/mol. The number of hydrogen-bond donors (Lipinski definition) is 1. The van der Waals surface area contributed by atoms with E-state index in [9.17, 15) is 0 Å². The molecule has 2 aliphatic heterocycles. The number of imidazole rings is 2. The lowest BCUT2D eigenvalue weighted by atomic mass is 10.2. The molecule has 238 valence electrons. The number of rotatable bonds is 10. The molecule has 5 aromatic rings. The van der Waals surface area contributed by atoms with E-state index in [1.807, 2.05) is 36.9 Å². The van der Waals surface area contributed by atoms with E-state index in [0.29, 0.717) is 13.2 Å². The second kappa shape index (κ2) is 15.4.